The number of rotatable bonds is 5. The van der Waals surface area contributed by atoms with E-state index >= 15 is 0 Å². The first-order chi connectivity index (χ1) is 9.94. The van der Waals surface area contributed by atoms with Crippen molar-refractivity contribution in [3.63, 3.8) is 0 Å². The highest BCUT2D eigenvalue weighted by atomic mass is 19.4. The van der Waals surface area contributed by atoms with Crippen molar-refractivity contribution in [1.29, 1.82) is 0 Å². The Labute approximate surface area is 120 Å². The molecule has 0 spiro atoms. The van der Waals surface area contributed by atoms with Crippen LogP contribution in [0, 0.1) is 0 Å². The third-order valence-corrected chi connectivity index (χ3v) is 2.98. The molecule has 0 bridgehead atoms. The van der Waals surface area contributed by atoms with Crippen molar-refractivity contribution in [2.24, 2.45) is 0 Å². The number of hydrogen-bond donors (Lipinski definition) is 1. The van der Waals surface area contributed by atoms with Gasteiger partial charge in [0.2, 0.25) is 0 Å². The molecule has 1 atom stereocenters. The number of hydrogen-bond acceptors (Lipinski definition) is 3. The molecule has 2 rings (SSSR count). The first-order valence-corrected chi connectivity index (χ1v) is 6.42. The lowest BCUT2D eigenvalue weighted by Gasteiger charge is -2.14. The number of nitrogens with one attached hydrogen (secondary N) is 1. The molecular formula is C15H15F3N2O. The summed E-state index contributed by atoms with van der Waals surface area (Å²) >= 11 is 0. The van der Waals surface area contributed by atoms with Gasteiger partial charge in [0.1, 0.15) is 5.75 Å². The second-order valence-corrected chi connectivity index (χ2v) is 4.57. The van der Waals surface area contributed by atoms with Gasteiger partial charge >= 0.3 is 6.36 Å². The molecule has 0 saturated carbocycles. The minimum Gasteiger partial charge on any atom is -0.406 e. The molecule has 0 aliphatic rings. The fourth-order valence-corrected chi connectivity index (χ4v) is 1.85. The first kappa shape index (κ1) is 15.3. The Morgan fingerprint density at radius 3 is 2.29 bits per heavy atom. The number of halogens is 3. The monoisotopic (exact) mass is 296 g/mol. The minimum atomic E-state index is -4.66. The SMILES string of the molecule is C[C@H](NCc1ccc(OC(F)(F)F)cc1)c1ccncc1. The molecule has 112 valence electrons. The number of pyridine rings is 1. The summed E-state index contributed by atoms with van der Waals surface area (Å²) in [5, 5.41) is 3.29. The van der Waals surface area contributed by atoms with Gasteiger partial charge in [-0.3, -0.25) is 4.98 Å². The zero-order valence-electron chi connectivity index (χ0n) is 11.4. The predicted molar refractivity (Wildman–Crippen MR) is 72.6 cm³/mol. The van der Waals surface area contributed by atoms with Gasteiger partial charge in [0.15, 0.2) is 0 Å². The molecule has 0 amide bonds. The Morgan fingerprint density at radius 1 is 1.10 bits per heavy atom. The predicted octanol–water partition coefficient (Wildman–Crippen LogP) is 3.83. The van der Waals surface area contributed by atoms with Crippen LogP contribution in [-0.2, 0) is 6.54 Å². The topological polar surface area (TPSA) is 34.1 Å². The Hall–Kier alpha value is -2.08. The molecule has 1 aromatic carbocycles. The molecule has 1 N–H and O–H groups in total. The van der Waals surface area contributed by atoms with E-state index < -0.39 is 6.36 Å². The van der Waals surface area contributed by atoms with Gasteiger partial charge in [-0.15, -0.1) is 13.2 Å². The molecule has 0 radical (unpaired) electrons. The lowest BCUT2D eigenvalue weighted by Crippen LogP contribution is -2.18. The van der Waals surface area contributed by atoms with Gasteiger partial charge in [0.05, 0.1) is 0 Å². The van der Waals surface area contributed by atoms with E-state index in [1.165, 1.54) is 12.1 Å². The molecule has 3 nitrogen and oxygen atoms in total. The molecule has 21 heavy (non-hydrogen) atoms. The second kappa shape index (κ2) is 6.58. The summed E-state index contributed by atoms with van der Waals surface area (Å²) in [5.74, 6) is -0.214. The van der Waals surface area contributed by atoms with Gasteiger partial charge in [-0.1, -0.05) is 12.1 Å². The fraction of sp³-hybridized carbons (Fsp3) is 0.267. The third-order valence-electron chi connectivity index (χ3n) is 2.98. The van der Waals surface area contributed by atoms with Crippen LogP contribution < -0.4 is 10.1 Å². The molecule has 0 aliphatic heterocycles. The van der Waals surface area contributed by atoms with Crippen LogP contribution in [-0.4, -0.2) is 11.3 Å². The minimum absolute atomic E-state index is 0.124. The zero-order chi connectivity index (χ0) is 15.3. The van der Waals surface area contributed by atoms with Gasteiger partial charge in [-0.25, -0.2) is 0 Å². The summed E-state index contributed by atoms with van der Waals surface area (Å²) < 4.78 is 40.0. The summed E-state index contributed by atoms with van der Waals surface area (Å²) in [4.78, 5) is 3.95. The second-order valence-electron chi connectivity index (χ2n) is 4.57. The van der Waals surface area contributed by atoms with Gasteiger partial charge in [-0.2, -0.15) is 0 Å². The van der Waals surface area contributed by atoms with Crippen LogP contribution in [0.4, 0.5) is 13.2 Å². The van der Waals surface area contributed by atoms with E-state index in [4.69, 9.17) is 0 Å². The van der Waals surface area contributed by atoms with Crippen molar-refractivity contribution in [2.45, 2.75) is 25.9 Å². The highest BCUT2D eigenvalue weighted by Crippen LogP contribution is 2.22. The maximum Gasteiger partial charge on any atom is 0.573 e. The smallest absolute Gasteiger partial charge is 0.406 e. The molecule has 0 saturated heterocycles. The quantitative estimate of drug-likeness (QED) is 0.910. The van der Waals surface area contributed by atoms with Crippen LogP contribution in [0.25, 0.3) is 0 Å². The summed E-state index contributed by atoms with van der Waals surface area (Å²) in [6.45, 7) is 2.56. The largest absolute Gasteiger partial charge is 0.573 e. The van der Waals surface area contributed by atoms with Crippen molar-refractivity contribution in [3.05, 3.63) is 59.9 Å². The standard InChI is InChI=1S/C15H15F3N2O/c1-11(13-6-8-19-9-7-13)20-10-12-2-4-14(5-3-12)21-15(16,17)18/h2-9,11,20H,10H2,1H3/t11-/m0/s1. The molecule has 2 aromatic rings. The van der Waals surface area contributed by atoms with Crippen LogP contribution in [0.2, 0.25) is 0 Å². The lowest BCUT2D eigenvalue weighted by atomic mass is 10.1. The molecule has 0 unspecified atom stereocenters. The van der Waals surface area contributed by atoms with Gasteiger partial charge < -0.3 is 10.1 Å². The Morgan fingerprint density at radius 2 is 1.71 bits per heavy atom. The summed E-state index contributed by atoms with van der Waals surface area (Å²) in [6, 6.07) is 9.78. The first-order valence-electron chi connectivity index (χ1n) is 6.42. The number of alkyl halides is 3. The average Bonchev–Trinajstić information content (AvgIpc) is 2.45. The van der Waals surface area contributed by atoms with E-state index in [0.29, 0.717) is 6.54 Å². The highest BCUT2D eigenvalue weighted by molar-refractivity contribution is 5.27. The maximum absolute atomic E-state index is 12.0. The normalized spacial score (nSPS) is 13.0. The van der Waals surface area contributed by atoms with Gasteiger partial charge in [0.25, 0.3) is 0 Å². The van der Waals surface area contributed by atoms with E-state index in [1.54, 1.807) is 24.5 Å². The Bertz CT molecular complexity index is 555. The van der Waals surface area contributed by atoms with Crippen LogP contribution in [0.15, 0.2) is 48.8 Å². The van der Waals surface area contributed by atoms with E-state index in [1.807, 2.05) is 19.1 Å². The zero-order valence-corrected chi connectivity index (χ0v) is 11.4. The van der Waals surface area contributed by atoms with Crippen molar-refractivity contribution in [3.8, 4) is 5.75 Å². The van der Waals surface area contributed by atoms with Crippen molar-refractivity contribution < 1.29 is 17.9 Å². The Kier molecular flexibility index (Phi) is 4.80. The van der Waals surface area contributed by atoms with Gasteiger partial charge in [-0.05, 0) is 42.3 Å². The molecule has 0 fully saturated rings. The van der Waals surface area contributed by atoms with Crippen LogP contribution in [0.3, 0.4) is 0 Å². The van der Waals surface area contributed by atoms with Crippen molar-refractivity contribution in [1.82, 2.24) is 10.3 Å². The molecule has 6 heteroatoms. The van der Waals surface area contributed by atoms with E-state index in [9.17, 15) is 13.2 Å². The third kappa shape index (κ3) is 5.07. The Balaban J connectivity index is 1.89. The van der Waals surface area contributed by atoms with Crippen LogP contribution >= 0.6 is 0 Å². The van der Waals surface area contributed by atoms with Crippen LogP contribution in [0.5, 0.6) is 5.75 Å². The van der Waals surface area contributed by atoms with E-state index in [2.05, 4.69) is 15.0 Å². The number of aromatic nitrogens is 1. The molecule has 0 aliphatic carbocycles. The van der Waals surface area contributed by atoms with Crippen molar-refractivity contribution >= 4 is 0 Å². The van der Waals surface area contributed by atoms with E-state index in [-0.39, 0.29) is 11.8 Å². The molecular weight excluding hydrogens is 281 g/mol. The van der Waals surface area contributed by atoms with Crippen molar-refractivity contribution in [2.75, 3.05) is 0 Å². The number of nitrogens with zero attached hydrogens (tertiary/aromatic N) is 1. The van der Waals surface area contributed by atoms with Gasteiger partial charge in [0, 0.05) is 25.0 Å². The lowest BCUT2D eigenvalue weighted by molar-refractivity contribution is -0.274. The number of ether oxygens (including phenoxy) is 1. The van der Waals surface area contributed by atoms with Crippen LogP contribution in [0.1, 0.15) is 24.1 Å². The summed E-state index contributed by atoms with van der Waals surface area (Å²) in [7, 11) is 0. The van der Waals surface area contributed by atoms with E-state index in [0.717, 1.165) is 11.1 Å². The highest BCUT2D eigenvalue weighted by Gasteiger charge is 2.30. The number of benzene rings is 1. The maximum atomic E-state index is 12.0. The molecule has 1 heterocycles. The fourth-order valence-electron chi connectivity index (χ4n) is 1.85. The summed E-state index contributed by atoms with van der Waals surface area (Å²) in [6.07, 6.45) is -1.22. The summed E-state index contributed by atoms with van der Waals surface area (Å²) in [5.41, 5.74) is 1.98. The average molecular weight is 296 g/mol. The molecule has 1 aromatic heterocycles.